The molecule has 4 aromatic heterocycles. The maximum Gasteiger partial charge on any atom is 0.155 e. The Bertz CT molecular complexity index is 1160. The third kappa shape index (κ3) is 1.99. The van der Waals surface area contributed by atoms with Crippen molar-refractivity contribution >= 4 is 16.6 Å². The van der Waals surface area contributed by atoms with Crippen molar-refractivity contribution in [1.82, 2.24) is 19.4 Å². The predicted octanol–water partition coefficient (Wildman–Crippen LogP) is 4.20. The first-order valence-corrected chi connectivity index (χ1v) is 7.60. The average molecular weight is 312 g/mol. The van der Waals surface area contributed by atoms with E-state index < -0.39 is 0 Å². The Morgan fingerprint density at radius 1 is 0.875 bits per heavy atom. The minimum Gasteiger partial charge on any atom is -0.464 e. The van der Waals surface area contributed by atoms with E-state index in [1.165, 1.54) is 0 Å². The average Bonchev–Trinajstić information content (AvgIpc) is 3.27. The molecule has 0 radical (unpaired) electrons. The summed E-state index contributed by atoms with van der Waals surface area (Å²) in [5.41, 5.74) is 5.71. The molecule has 24 heavy (non-hydrogen) atoms. The quantitative estimate of drug-likeness (QED) is 0.490. The van der Waals surface area contributed by atoms with Crippen LogP contribution in [0.1, 0.15) is 0 Å². The van der Waals surface area contributed by atoms with Gasteiger partial charge in [-0.3, -0.25) is 14.4 Å². The number of rotatable bonds is 2. The van der Waals surface area contributed by atoms with Crippen LogP contribution >= 0.6 is 0 Å². The molecule has 0 saturated carbocycles. The summed E-state index contributed by atoms with van der Waals surface area (Å²) >= 11 is 0. The molecule has 4 heterocycles. The fourth-order valence-corrected chi connectivity index (χ4v) is 2.90. The Balaban J connectivity index is 1.71. The van der Waals surface area contributed by atoms with Crippen LogP contribution in [0.15, 0.2) is 78.1 Å². The Labute approximate surface area is 137 Å². The lowest BCUT2D eigenvalue weighted by Gasteiger charge is -2.05. The molecular formula is C19H12N4O. The fraction of sp³-hybridized carbons (Fsp3) is 0. The molecule has 0 unspecified atom stereocenters. The zero-order chi connectivity index (χ0) is 15.9. The SMILES string of the molecule is c1cc(-c2cn3c(-c4ccc5occc5c4)cnc3cn2)ccn1. The minimum absolute atomic E-state index is 0.815. The summed E-state index contributed by atoms with van der Waals surface area (Å²) in [5.74, 6) is 0. The van der Waals surface area contributed by atoms with Crippen LogP contribution in [0.3, 0.4) is 0 Å². The van der Waals surface area contributed by atoms with E-state index >= 15 is 0 Å². The number of pyridine rings is 1. The van der Waals surface area contributed by atoms with Crippen molar-refractivity contribution in [3.05, 3.63) is 73.6 Å². The van der Waals surface area contributed by atoms with Crippen molar-refractivity contribution in [3.63, 3.8) is 0 Å². The van der Waals surface area contributed by atoms with E-state index in [9.17, 15) is 0 Å². The molecule has 0 atom stereocenters. The van der Waals surface area contributed by atoms with E-state index in [2.05, 4.69) is 25.4 Å². The highest BCUT2D eigenvalue weighted by atomic mass is 16.3. The Morgan fingerprint density at radius 2 is 1.79 bits per heavy atom. The van der Waals surface area contributed by atoms with Gasteiger partial charge < -0.3 is 4.42 Å². The van der Waals surface area contributed by atoms with Crippen molar-refractivity contribution in [1.29, 1.82) is 0 Å². The van der Waals surface area contributed by atoms with Gasteiger partial charge in [0, 0.05) is 35.1 Å². The molecule has 0 aliphatic carbocycles. The topological polar surface area (TPSA) is 56.2 Å². The highest BCUT2D eigenvalue weighted by molar-refractivity contribution is 5.83. The first-order valence-electron chi connectivity index (χ1n) is 7.60. The molecule has 5 nitrogen and oxygen atoms in total. The maximum absolute atomic E-state index is 5.42. The number of fused-ring (bicyclic) bond motifs is 2. The molecule has 0 bridgehead atoms. The van der Waals surface area contributed by atoms with Crippen LogP contribution < -0.4 is 0 Å². The molecule has 0 aliphatic heterocycles. The monoisotopic (exact) mass is 312 g/mol. The summed E-state index contributed by atoms with van der Waals surface area (Å²) in [6, 6.07) is 12.0. The van der Waals surface area contributed by atoms with Gasteiger partial charge in [-0.1, -0.05) is 0 Å². The van der Waals surface area contributed by atoms with Crippen LogP contribution in [0, 0.1) is 0 Å². The standard InChI is InChI=1S/C19H12N4O/c1-2-18-15(5-8-24-18)9-14(1)17-10-22-19-11-21-16(12-23(17)19)13-3-6-20-7-4-13/h1-12H. The van der Waals surface area contributed by atoms with Crippen LogP contribution in [-0.2, 0) is 0 Å². The number of benzene rings is 1. The number of aromatic nitrogens is 4. The van der Waals surface area contributed by atoms with E-state index in [1.807, 2.05) is 42.7 Å². The molecule has 1 aromatic carbocycles. The van der Waals surface area contributed by atoms with E-state index in [4.69, 9.17) is 4.42 Å². The summed E-state index contributed by atoms with van der Waals surface area (Å²) in [7, 11) is 0. The van der Waals surface area contributed by atoms with Gasteiger partial charge in [-0.15, -0.1) is 0 Å². The third-order valence-corrected chi connectivity index (χ3v) is 4.12. The maximum atomic E-state index is 5.42. The molecule has 114 valence electrons. The van der Waals surface area contributed by atoms with Gasteiger partial charge in [0.05, 0.1) is 30.0 Å². The first kappa shape index (κ1) is 13.0. The second-order valence-electron chi connectivity index (χ2n) is 5.55. The smallest absolute Gasteiger partial charge is 0.155 e. The molecule has 5 rings (SSSR count). The van der Waals surface area contributed by atoms with Gasteiger partial charge in [0.2, 0.25) is 0 Å². The summed E-state index contributed by atoms with van der Waals surface area (Å²) in [6.45, 7) is 0. The number of furan rings is 1. The lowest BCUT2D eigenvalue weighted by Crippen LogP contribution is -1.93. The molecular weight excluding hydrogens is 300 g/mol. The molecule has 0 N–H and O–H groups in total. The largest absolute Gasteiger partial charge is 0.464 e. The molecule has 0 amide bonds. The zero-order valence-electron chi connectivity index (χ0n) is 12.6. The highest BCUT2D eigenvalue weighted by Gasteiger charge is 2.09. The van der Waals surface area contributed by atoms with Crippen molar-refractivity contribution in [3.8, 4) is 22.5 Å². The molecule has 0 spiro atoms. The van der Waals surface area contributed by atoms with Crippen molar-refractivity contribution in [2.75, 3.05) is 0 Å². The summed E-state index contributed by atoms with van der Waals surface area (Å²) in [6.07, 6.45) is 10.9. The van der Waals surface area contributed by atoms with Crippen molar-refractivity contribution in [2.45, 2.75) is 0 Å². The molecule has 5 heteroatoms. The summed E-state index contributed by atoms with van der Waals surface area (Å²) in [5, 5.41) is 1.07. The molecule has 0 fully saturated rings. The first-order chi connectivity index (χ1) is 11.9. The summed E-state index contributed by atoms with van der Waals surface area (Å²) in [4.78, 5) is 13.0. The number of nitrogens with zero attached hydrogens (tertiary/aromatic N) is 4. The van der Waals surface area contributed by atoms with E-state index in [1.54, 1.807) is 24.9 Å². The van der Waals surface area contributed by atoms with Gasteiger partial charge in [0.1, 0.15) is 5.58 Å². The van der Waals surface area contributed by atoms with Crippen LogP contribution in [-0.4, -0.2) is 19.4 Å². The van der Waals surface area contributed by atoms with Gasteiger partial charge in [0.25, 0.3) is 0 Å². The van der Waals surface area contributed by atoms with E-state index in [0.29, 0.717) is 0 Å². The Hall–Kier alpha value is -3.47. The van der Waals surface area contributed by atoms with Gasteiger partial charge in [-0.05, 0) is 36.4 Å². The fourth-order valence-electron chi connectivity index (χ4n) is 2.90. The predicted molar refractivity (Wildman–Crippen MR) is 91.4 cm³/mol. The highest BCUT2D eigenvalue weighted by Crippen LogP contribution is 2.27. The Kier molecular flexibility index (Phi) is 2.72. The second kappa shape index (κ2) is 5.03. The molecule has 5 aromatic rings. The molecule has 0 aliphatic rings. The lowest BCUT2D eigenvalue weighted by molar-refractivity contribution is 0.616. The van der Waals surface area contributed by atoms with E-state index in [0.717, 1.165) is 39.1 Å². The lowest BCUT2D eigenvalue weighted by atomic mass is 10.1. The van der Waals surface area contributed by atoms with Crippen LogP contribution in [0.2, 0.25) is 0 Å². The van der Waals surface area contributed by atoms with E-state index in [-0.39, 0.29) is 0 Å². The van der Waals surface area contributed by atoms with Crippen molar-refractivity contribution < 1.29 is 4.42 Å². The normalized spacial score (nSPS) is 11.3. The zero-order valence-corrected chi connectivity index (χ0v) is 12.6. The van der Waals surface area contributed by atoms with Gasteiger partial charge in [0.15, 0.2) is 5.65 Å². The summed E-state index contributed by atoms with van der Waals surface area (Å²) < 4.78 is 7.48. The third-order valence-electron chi connectivity index (χ3n) is 4.12. The Morgan fingerprint density at radius 3 is 2.71 bits per heavy atom. The van der Waals surface area contributed by atoms with Gasteiger partial charge in [-0.2, -0.15) is 0 Å². The number of imidazole rings is 1. The van der Waals surface area contributed by atoms with Crippen LogP contribution in [0.25, 0.3) is 39.1 Å². The number of hydrogen-bond acceptors (Lipinski definition) is 4. The van der Waals surface area contributed by atoms with Gasteiger partial charge >= 0.3 is 0 Å². The van der Waals surface area contributed by atoms with Crippen LogP contribution in [0.4, 0.5) is 0 Å². The van der Waals surface area contributed by atoms with Crippen LogP contribution in [0.5, 0.6) is 0 Å². The minimum atomic E-state index is 0.815. The van der Waals surface area contributed by atoms with Crippen molar-refractivity contribution in [2.24, 2.45) is 0 Å². The molecule has 0 saturated heterocycles. The number of hydrogen-bond donors (Lipinski definition) is 0. The van der Waals surface area contributed by atoms with Gasteiger partial charge in [-0.25, -0.2) is 4.98 Å². The second-order valence-corrected chi connectivity index (χ2v) is 5.55.